The van der Waals surface area contributed by atoms with E-state index in [0.717, 1.165) is 18.5 Å². The molecule has 8 heteroatoms. The van der Waals surface area contributed by atoms with Crippen LogP contribution in [0.2, 0.25) is 0 Å². The molecule has 33 heavy (non-hydrogen) atoms. The zero-order chi connectivity index (χ0) is 24.2. The highest BCUT2D eigenvalue weighted by molar-refractivity contribution is 5.98. The van der Waals surface area contributed by atoms with Gasteiger partial charge >= 0.3 is 0 Å². The van der Waals surface area contributed by atoms with Crippen LogP contribution in [-0.2, 0) is 11.4 Å². The Labute approximate surface area is 196 Å². The van der Waals surface area contributed by atoms with E-state index in [1.807, 2.05) is 56.3 Å². The molecule has 2 amide bonds. The van der Waals surface area contributed by atoms with E-state index in [1.165, 1.54) is 14.2 Å². The average molecular weight is 458 g/mol. The number of hydrogen-bond acceptors (Lipinski definition) is 6. The van der Waals surface area contributed by atoms with Crippen LogP contribution < -0.4 is 24.8 Å². The third kappa shape index (κ3) is 7.98. The van der Waals surface area contributed by atoms with E-state index in [2.05, 4.69) is 10.6 Å². The zero-order valence-corrected chi connectivity index (χ0v) is 20.1. The van der Waals surface area contributed by atoms with Gasteiger partial charge in [-0.2, -0.15) is 0 Å². The molecule has 0 fully saturated rings. The van der Waals surface area contributed by atoms with Gasteiger partial charge in [-0.15, -0.1) is 0 Å². The van der Waals surface area contributed by atoms with Gasteiger partial charge in [-0.3, -0.25) is 9.59 Å². The van der Waals surface area contributed by atoms with E-state index in [1.54, 1.807) is 12.1 Å². The first-order valence-electron chi connectivity index (χ1n) is 11.1. The standard InChI is InChI=1S/C25H35N3O5/c1-6-10-20(25(30)26-13-14-28(2)3)27-24(29)19-15-21(31-4)23(22(16-19)32-5)33-17-18-11-8-7-9-12-18/h7-9,11-12,15-16,20H,6,10,13-14,17H2,1-5H3,(H,26,30)(H,27,29)/t20-/m0/s1. The van der Waals surface area contributed by atoms with Crippen LogP contribution in [0, 0.1) is 0 Å². The van der Waals surface area contributed by atoms with Crippen LogP contribution in [0.3, 0.4) is 0 Å². The molecular weight excluding hydrogens is 422 g/mol. The Morgan fingerprint density at radius 2 is 1.67 bits per heavy atom. The van der Waals surface area contributed by atoms with E-state index in [0.29, 0.717) is 42.4 Å². The Hall–Kier alpha value is -3.26. The first-order valence-corrected chi connectivity index (χ1v) is 11.1. The van der Waals surface area contributed by atoms with Gasteiger partial charge in [-0.05, 0) is 38.2 Å². The van der Waals surface area contributed by atoms with Crippen LogP contribution in [0.5, 0.6) is 17.2 Å². The van der Waals surface area contributed by atoms with Crippen LogP contribution >= 0.6 is 0 Å². The molecule has 0 unspecified atom stereocenters. The molecule has 1 atom stereocenters. The number of carbonyl (C=O) groups is 2. The molecule has 0 saturated carbocycles. The zero-order valence-electron chi connectivity index (χ0n) is 20.1. The summed E-state index contributed by atoms with van der Waals surface area (Å²) in [6.45, 7) is 3.52. The molecular formula is C25H35N3O5. The Kier molecular flexibility index (Phi) is 10.5. The summed E-state index contributed by atoms with van der Waals surface area (Å²) in [5.74, 6) is 0.568. The number of amides is 2. The van der Waals surface area contributed by atoms with Crippen LogP contribution in [0.15, 0.2) is 42.5 Å². The summed E-state index contributed by atoms with van der Waals surface area (Å²) in [6.07, 6.45) is 1.29. The molecule has 0 heterocycles. The molecule has 0 saturated heterocycles. The molecule has 2 rings (SSSR count). The number of methoxy groups -OCH3 is 2. The minimum atomic E-state index is -0.629. The fourth-order valence-electron chi connectivity index (χ4n) is 3.21. The fraction of sp³-hybridized carbons (Fsp3) is 0.440. The normalized spacial score (nSPS) is 11.6. The Bertz CT molecular complexity index is 877. The highest BCUT2D eigenvalue weighted by atomic mass is 16.5. The monoisotopic (exact) mass is 457 g/mol. The van der Waals surface area contributed by atoms with Gasteiger partial charge in [0.1, 0.15) is 12.6 Å². The molecule has 0 aliphatic carbocycles. The smallest absolute Gasteiger partial charge is 0.252 e. The number of hydrogen-bond donors (Lipinski definition) is 2. The SMILES string of the molecule is CCC[C@H](NC(=O)c1cc(OC)c(OCc2ccccc2)c(OC)c1)C(=O)NCCN(C)C. The summed E-state index contributed by atoms with van der Waals surface area (Å²) in [4.78, 5) is 27.6. The van der Waals surface area contributed by atoms with Crippen LogP contribution in [0.1, 0.15) is 35.7 Å². The molecule has 2 aromatic carbocycles. The van der Waals surface area contributed by atoms with Crippen molar-refractivity contribution in [1.29, 1.82) is 0 Å². The maximum atomic E-state index is 13.0. The molecule has 0 aliphatic rings. The predicted molar refractivity (Wildman–Crippen MR) is 128 cm³/mol. The Morgan fingerprint density at radius 1 is 1.03 bits per heavy atom. The maximum absolute atomic E-state index is 13.0. The third-order valence-corrected chi connectivity index (χ3v) is 5.01. The van der Waals surface area contributed by atoms with Crippen molar-refractivity contribution in [1.82, 2.24) is 15.5 Å². The van der Waals surface area contributed by atoms with Crippen molar-refractivity contribution < 1.29 is 23.8 Å². The molecule has 180 valence electrons. The van der Waals surface area contributed by atoms with E-state index >= 15 is 0 Å². The summed E-state index contributed by atoms with van der Waals surface area (Å²) in [5.41, 5.74) is 1.31. The number of rotatable bonds is 13. The van der Waals surface area contributed by atoms with Gasteiger partial charge in [0.05, 0.1) is 14.2 Å². The topological polar surface area (TPSA) is 89.1 Å². The highest BCUT2D eigenvalue weighted by Gasteiger charge is 2.23. The quantitative estimate of drug-likeness (QED) is 0.481. The molecule has 0 spiro atoms. The predicted octanol–water partition coefficient (Wildman–Crippen LogP) is 2.86. The lowest BCUT2D eigenvalue weighted by atomic mass is 10.1. The van der Waals surface area contributed by atoms with Gasteiger partial charge in [0, 0.05) is 18.7 Å². The number of ether oxygens (including phenoxy) is 3. The molecule has 0 bridgehead atoms. The Morgan fingerprint density at radius 3 is 2.21 bits per heavy atom. The van der Waals surface area contributed by atoms with E-state index in [9.17, 15) is 9.59 Å². The number of likely N-dealkylation sites (N-methyl/N-ethyl adjacent to an activating group) is 1. The highest BCUT2D eigenvalue weighted by Crippen LogP contribution is 2.39. The lowest BCUT2D eigenvalue weighted by Gasteiger charge is -2.20. The molecule has 0 aromatic heterocycles. The minimum absolute atomic E-state index is 0.200. The minimum Gasteiger partial charge on any atom is -0.493 e. The molecule has 0 aliphatic heterocycles. The molecule has 2 aromatic rings. The van der Waals surface area contributed by atoms with Crippen molar-refractivity contribution in [3.05, 3.63) is 53.6 Å². The van der Waals surface area contributed by atoms with Crippen molar-refractivity contribution in [2.45, 2.75) is 32.4 Å². The maximum Gasteiger partial charge on any atom is 0.252 e. The van der Waals surface area contributed by atoms with E-state index < -0.39 is 6.04 Å². The van der Waals surface area contributed by atoms with Crippen molar-refractivity contribution in [3.8, 4) is 17.2 Å². The summed E-state index contributed by atoms with van der Waals surface area (Å²) < 4.78 is 16.9. The second kappa shape index (κ2) is 13.3. The second-order valence-corrected chi connectivity index (χ2v) is 7.89. The van der Waals surface area contributed by atoms with Crippen molar-refractivity contribution in [2.75, 3.05) is 41.4 Å². The first-order chi connectivity index (χ1) is 15.9. The van der Waals surface area contributed by atoms with Crippen molar-refractivity contribution in [2.24, 2.45) is 0 Å². The average Bonchev–Trinajstić information content (AvgIpc) is 2.82. The van der Waals surface area contributed by atoms with Gasteiger partial charge in [-0.25, -0.2) is 0 Å². The van der Waals surface area contributed by atoms with Crippen molar-refractivity contribution in [3.63, 3.8) is 0 Å². The summed E-state index contributed by atoms with van der Waals surface area (Å²) in [6, 6.07) is 12.3. The largest absolute Gasteiger partial charge is 0.493 e. The fourth-order valence-corrected chi connectivity index (χ4v) is 3.21. The van der Waals surface area contributed by atoms with Gasteiger partial charge in [0.25, 0.3) is 5.91 Å². The molecule has 8 nitrogen and oxygen atoms in total. The first kappa shape index (κ1) is 26.0. The van der Waals surface area contributed by atoms with Crippen molar-refractivity contribution >= 4 is 11.8 Å². The van der Waals surface area contributed by atoms with Gasteiger partial charge in [0.15, 0.2) is 11.5 Å². The molecule has 0 radical (unpaired) electrons. The number of nitrogens with one attached hydrogen (secondary N) is 2. The third-order valence-electron chi connectivity index (χ3n) is 5.01. The Balaban J connectivity index is 2.16. The van der Waals surface area contributed by atoms with E-state index in [4.69, 9.17) is 14.2 Å². The van der Waals surface area contributed by atoms with Crippen LogP contribution in [-0.4, -0.2) is 64.2 Å². The van der Waals surface area contributed by atoms with Gasteiger partial charge in [0.2, 0.25) is 11.7 Å². The van der Waals surface area contributed by atoms with E-state index in [-0.39, 0.29) is 11.8 Å². The summed E-state index contributed by atoms with van der Waals surface area (Å²) in [7, 11) is 6.88. The molecule has 2 N–H and O–H groups in total. The summed E-state index contributed by atoms with van der Waals surface area (Å²) >= 11 is 0. The summed E-state index contributed by atoms with van der Waals surface area (Å²) in [5, 5.41) is 5.71. The number of nitrogens with zero attached hydrogens (tertiary/aromatic N) is 1. The lowest BCUT2D eigenvalue weighted by molar-refractivity contribution is -0.123. The lowest BCUT2D eigenvalue weighted by Crippen LogP contribution is -2.47. The number of benzene rings is 2. The number of carbonyl (C=O) groups excluding carboxylic acids is 2. The van der Waals surface area contributed by atoms with Crippen LogP contribution in [0.4, 0.5) is 0 Å². The van der Waals surface area contributed by atoms with Gasteiger partial charge in [-0.1, -0.05) is 43.7 Å². The van der Waals surface area contributed by atoms with Gasteiger partial charge < -0.3 is 29.7 Å². The second-order valence-electron chi connectivity index (χ2n) is 7.89. The van der Waals surface area contributed by atoms with Crippen LogP contribution in [0.25, 0.3) is 0 Å².